The second-order valence-electron chi connectivity index (χ2n) is 14.0. The van der Waals surface area contributed by atoms with E-state index >= 15 is 0 Å². The average molecular weight is 733 g/mol. The smallest absolute Gasteiger partial charge is 0.194 e. The number of para-hydroxylation sites is 3. The van der Waals surface area contributed by atoms with E-state index in [1.165, 1.54) is 0 Å². The highest BCUT2D eigenvalue weighted by Crippen LogP contribution is 2.50. The lowest BCUT2D eigenvalue weighted by Crippen LogP contribution is -2.02. The van der Waals surface area contributed by atoms with Crippen LogP contribution in [0.1, 0.15) is 0 Å². The number of rotatable bonds is 6. The number of hydrogen-bond donors (Lipinski definition) is 0. The molecule has 6 nitrogen and oxygen atoms in total. The van der Waals surface area contributed by atoms with Gasteiger partial charge in [0.1, 0.15) is 5.52 Å². The second-order valence-corrected chi connectivity index (χ2v) is 14.0. The number of aromatic nitrogens is 4. The molecule has 0 aliphatic carbocycles. The molecule has 0 bridgehead atoms. The van der Waals surface area contributed by atoms with Crippen molar-refractivity contribution in [3.63, 3.8) is 0 Å². The highest BCUT2D eigenvalue weighted by Gasteiger charge is 2.25. The van der Waals surface area contributed by atoms with Crippen molar-refractivity contribution in [2.75, 3.05) is 0 Å². The molecule has 2 aromatic heterocycles. The molecular formula is C51H32N4O2. The number of fused-ring (bicyclic) bond motifs is 6. The molecule has 0 radical (unpaired) electrons. The number of nitrogens with zero attached hydrogens (tertiary/aromatic N) is 4. The molecule has 8 aromatic carbocycles. The fourth-order valence-electron chi connectivity index (χ4n) is 7.71. The van der Waals surface area contributed by atoms with Crippen molar-refractivity contribution in [3.05, 3.63) is 194 Å². The van der Waals surface area contributed by atoms with E-state index in [0.717, 1.165) is 66.4 Å². The van der Waals surface area contributed by atoms with Gasteiger partial charge in [-0.25, -0.2) is 15.0 Å². The van der Waals surface area contributed by atoms with Gasteiger partial charge >= 0.3 is 0 Å². The molecule has 1 aliphatic rings. The summed E-state index contributed by atoms with van der Waals surface area (Å²) in [5.74, 6) is 4.57. The molecule has 0 saturated heterocycles. The zero-order valence-electron chi connectivity index (χ0n) is 30.6. The summed E-state index contributed by atoms with van der Waals surface area (Å²) in [6.45, 7) is 0. The predicted molar refractivity (Wildman–Crippen MR) is 228 cm³/mol. The molecule has 0 amide bonds. The Hall–Kier alpha value is -7.83. The van der Waals surface area contributed by atoms with Crippen LogP contribution in [0.2, 0.25) is 0 Å². The van der Waals surface area contributed by atoms with E-state index in [2.05, 4.69) is 156 Å². The lowest BCUT2D eigenvalue weighted by molar-refractivity contribution is 0.362. The number of benzene rings is 8. The average Bonchev–Trinajstić information content (AvgIpc) is 3.64. The van der Waals surface area contributed by atoms with Crippen LogP contribution in [0, 0.1) is 0 Å². The van der Waals surface area contributed by atoms with Gasteiger partial charge in [0, 0.05) is 33.2 Å². The van der Waals surface area contributed by atoms with Gasteiger partial charge in [0.2, 0.25) is 0 Å². The molecule has 11 rings (SSSR count). The van der Waals surface area contributed by atoms with Crippen molar-refractivity contribution in [3.8, 4) is 85.1 Å². The Bertz CT molecular complexity index is 2990. The Morgan fingerprint density at radius 2 is 0.754 bits per heavy atom. The van der Waals surface area contributed by atoms with Gasteiger partial charge in [0.15, 0.2) is 40.5 Å². The van der Waals surface area contributed by atoms with Crippen LogP contribution in [-0.2, 0) is 0 Å². The Kier molecular flexibility index (Phi) is 7.71. The summed E-state index contributed by atoms with van der Waals surface area (Å²) in [7, 11) is 0. The van der Waals surface area contributed by atoms with Gasteiger partial charge in [-0.15, -0.1) is 0 Å². The quantitative estimate of drug-likeness (QED) is 0.170. The van der Waals surface area contributed by atoms with Gasteiger partial charge in [-0.2, -0.15) is 0 Å². The highest BCUT2D eigenvalue weighted by molar-refractivity contribution is 6.12. The lowest BCUT2D eigenvalue weighted by atomic mass is 10.0. The molecule has 268 valence electrons. The van der Waals surface area contributed by atoms with E-state index in [9.17, 15) is 0 Å². The van der Waals surface area contributed by atoms with Crippen molar-refractivity contribution in [1.29, 1.82) is 0 Å². The Labute approximate surface area is 328 Å². The predicted octanol–water partition coefficient (Wildman–Crippen LogP) is 13.2. The maximum Gasteiger partial charge on any atom is 0.194 e. The van der Waals surface area contributed by atoms with Crippen LogP contribution in [-0.4, -0.2) is 19.5 Å². The molecular weight excluding hydrogens is 701 g/mol. The van der Waals surface area contributed by atoms with Crippen LogP contribution < -0.4 is 9.47 Å². The molecule has 0 spiro atoms. The molecule has 10 aromatic rings. The molecule has 57 heavy (non-hydrogen) atoms. The van der Waals surface area contributed by atoms with Crippen LogP contribution >= 0.6 is 0 Å². The standard InChI is InChI=1S/C51H32N4O2/c1-3-11-33(12-4-1)35-19-23-37(24-20-35)49-52-50(38-25-21-36(22-26-38)34-13-5-2-6-14-34)54-51(53-49)39-27-29-40(30-28-39)55-43-16-8-7-15-41(43)42-31-32-46-48(47(42)55)57-45-18-10-9-17-44(45)56-46/h1-32H. The maximum absolute atomic E-state index is 6.58. The summed E-state index contributed by atoms with van der Waals surface area (Å²) >= 11 is 0. The van der Waals surface area contributed by atoms with E-state index in [1.807, 2.05) is 42.5 Å². The van der Waals surface area contributed by atoms with Crippen molar-refractivity contribution in [2.24, 2.45) is 0 Å². The highest BCUT2D eigenvalue weighted by atomic mass is 16.6. The molecule has 3 heterocycles. The Morgan fingerprint density at radius 1 is 0.316 bits per heavy atom. The largest absolute Gasteiger partial charge is 0.449 e. The van der Waals surface area contributed by atoms with Crippen LogP contribution in [0.15, 0.2) is 194 Å². The Morgan fingerprint density at radius 3 is 1.32 bits per heavy atom. The summed E-state index contributed by atoms with van der Waals surface area (Å²) in [6.07, 6.45) is 0. The zero-order valence-corrected chi connectivity index (χ0v) is 30.6. The molecule has 0 N–H and O–H groups in total. The van der Waals surface area contributed by atoms with Gasteiger partial charge in [-0.05, 0) is 76.9 Å². The molecule has 0 unspecified atom stereocenters. The first kappa shape index (κ1) is 32.6. The zero-order chi connectivity index (χ0) is 37.7. The van der Waals surface area contributed by atoms with Crippen LogP contribution in [0.5, 0.6) is 23.0 Å². The monoisotopic (exact) mass is 732 g/mol. The minimum Gasteiger partial charge on any atom is -0.449 e. The summed E-state index contributed by atoms with van der Waals surface area (Å²) in [6, 6.07) is 66.3. The minimum atomic E-state index is 0.591. The molecule has 0 atom stereocenters. The topological polar surface area (TPSA) is 62.1 Å². The van der Waals surface area contributed by atoms with Crippen molar-refractivity contribution in [1.82, 2.24) is 19.5 Å². The first-order chi connectivity index (χ1) is 28.2. The summed E-state index contributed by atoms with van der Waals surface area (Å²) in [4.78, 5) is 15.2. The van der Waals surface area contributed by atoms with Crippen LogP contribution in [0.25, 0.3) is 83.9 Å². The molecule has 1 aliphatic heterocycles. The van der Waals surface area contributed by atoms with Crippen LogP contribution in [0.3, 0.4) is 0 Å². The fraction of sp³-hybridized carbons (Fsp3) is 0. The maximum atomic E-state index is 6.58. The van der Waals surface area contributed by atoms with Crippen molar-refractivity contribution < 1.29 is 9.47 Å². The first-order valence-corrected chi connectivity index (χ1v) is 18.9. The Balaban J connectivity index is 1.02. The third kappa shape index (κ3) is 5.79. The summed E-state index contributed by atoms with van der Waals surface area (Å²) in [5, 5.41) is 2.21. The SMILES string of the molecule is c1ccc(-c2ccc(-c3nc(-c4ccc(-c5ccccc5)cc4)nc(-c4ccc(-n5c6ccccc6c6ccc7c(c65)Oc5ccccc5O7)cc4)n3)cc2)cc1. The van der Waals surface area contributed by atoms with Gasteiger partial charge in [-0.3, -0.25) is 0 Å². The van der Waals surface area contributed by atoms with Crippen LogP contribution in [0.4, 0.5) is 0 Å². The number of ether oxygens (including phenoxy) is 2. The number of hydrogen-bond acceptors (Lipinski definition) is 5. The van der Waals surface area contributed by atoms with Crippen molar-refractivity contribution in [2.45, 2.75) is 0 Å². The lowest BCUT2D eigenvalue weighted by Gasteiger charge is -2.22. The van der Waals surface area contributed by atoms with E-state index < -0.39 is 0 Å². The van der Waals surface area contributed by atoms with E-state index in [4.69, 9.17) is 24.4 Å². The summed E-state index contributed by atoms with van der Waals surface area (Å²) in [5.41, 5.74) is 10.3. The van der Waals surface area contributed by atoms with E-state index in [0.29, 0.717) is 40.5 Å². The van der Waals surface area contributed by atoms with Crippen molar-refractivity contribution >= 4 is 21.8 Å². The van der Waals surface area contributed by atoms with E-state index in [-0.39, 0.29) is 0 Å². The minimum absolute atomic E-state index is 0.591. The summed E-state index contributed by atoms with van der Waals surface area (Å²) < 4.78 is 15.2. The molecule has 0 saturated carbocycles. The third-order valence-electron chi connectivity index (χ3n) is 10.6. The van der Waals surface area contributed by atoms with Gasteiger partial charge in [-0.1, -0.05) is 140 Å². The normalized spacial score (nSPS) is 11.8. The molecule has 0 fully saturated rings. The second kappa shape index (κ2) is 13.5. The first-order valence-electron chi connectivity index (χ1n) is 18.9. The fourth-order valence-corrected chi connectivity index (χ4v) is 7.71. The molecule has 6 heteroatoms. The van der Waals surface area contributed by atoms with Gasteiger partial charge < -0.3 is 14.0 Å². The third-order valence-corrected chi connectivity index (χ3v) is 10.6. The van der Waals surface area contributed by atoms with Gasteiger partial charge in [0.05, 0.1) is 5.52 Å². The van der Waals surface area contributed by atoms with Gasteiger partial charge in [0.25, 0.3) is 0 Å². The van der Waals surface area contributed by atoms with E-state index in [1.54, 1.807) is 0 Å².